The van der Waals surface area contributed by atoms with E-state index in [9.17, 15) is 4.79 Å². The summed E-state index contributed by atoms with van der Waals surface area (Å²) in [6.45, 7) is 3.09. The number of imidazole rings is 1. The minimum Gasteiger partial charge on any atom is -0.335 e. The van der Waals surface area contributed by atoms with Crippen molar-refractivity contribution in [2.45, 2.75) is 0 Å². The summed E-state index contributed by atoms with van der Waals surface area (Å²) in [5.41, 5.74) is 3.01. The largest absolute Gasteiger partial charge is 0.335 e. The number of amides is 1. The van der Waals surface area contributed by atoms with E-state index in [2.05, 4.69) is 15.3 Å². The van der Waals surface area contributed by atoms with E-state index < -0.39 is 0 Å². The first-order valence-electron chi connectivity index (χ1n) is 7.05. The van der Waals surface area contributed by atoms with Gasteiger partial charge >= 0.3 is 0 Å². The van der Waals surface area contributed by atoms with E-state index in [0.717, 1.165) is 29.6 Å². The molecule has 6 nitrogen and oxygen atoms in total. The molecule has 0 aliphatic carbocycles. The Morgan fingerprint density at radius 1 is 1.14 bits per heavy atom. The second-order valence-electron chi connectivity index (χ2n) is 5.14. The minimum atomic E-state index is -0.0206. The summed E-state index contributed by atoms with van der Waals surface area (Å²) < 4.78 is 1.93. The number of carbonyl (C=O) groups is 1. The van der Waals surface area contributed by atoms with E-state index >= 15 is 0 Å². The summed E-state index contributed by atoms with van der Waals surface area (Å²) in [6.07, 6.45) is 3.43. The number of piperazine rings is 1. The fourth-order valence-electron chi connectivity index (χ4n) is 2.78. The average molecular weight is 281 g/mol. The number of nitrogens with one attached hydrogen (secondary N) is 1. The van der Waals surface area contributed by atoms with Crippen LogP contribution in [0.15, 0.2) is 36.8 Å². The van der Waals surface area contributed by atoms with Crippen molar-refractivity contribution in [1.29, 1.82) is 0 Å². The lowest BCUT2D eigenvalue weighted by Gasteiger charge is -2.27. The maximum absolute atomic E-state index is 12.7. The Balaban J connectivity index is 1.89. The van der Waals surface area contributed by atoms with E-state index in [0.29, 0.717) is 18.8 Å². The van der Waals surface area contributed by atoms with E-state index in [-0.39, 0.29) is 5.91 Å². The molecular formula is C15H15N5O. The number of rotatable bonds is 1. The van der Waals surface area contributed by atoms with Crippen LogP contribution in [0.1, 0.15) is 10.5 Å². The zero-order valence-electron chi connectivity index (χ0n) is 11.5. The molecule has 1 aromatic carbocycles. The molecule has 1 N–H and O–H groups in total. The number of hydrogen-bond donors (Lipinski definition) is 1. The molecule has 0 radical (unpaired) electrons. The third-order valence-electron chi connectivity index (χ3n) is 3.86. The lowest BCUT2D eigenvalue weighted by atomic mass is 10.2. The molecule has 0 saturated carbocycles. The van der Waals surface area contributed by atoms with Crippen LogP contribution < -0.4 is 5.32 Å². The van der Waals surface area contributed by atoms with Gasteiger partial charge in [-0.25, -0.2) is 9.97 Å². The van der Waals surface area contributed by atoms with Gasteiger partial charge in [0.1, 0.15) is 0 Å². The van der Waals surface area contributed by atoms with Crippen molar-refractivity contribution < 1.29 is 4.79 Å². The number of nitrogens with zero attached hydrogens (tertiary/aromatic N) is 4. The maximum atomic E-state index is 12.7. The van der Waals surface area contributed by atoms with Gasteiger partial charge < -0.3 is 10.2 Å². The summed E-state index contributed by atoms with van der Waals surface area (Å²) in [5.74, 6) is -0.0206. The first-order valence-corrected chi connectivity index (χ1v) is 7.05. The molecule has 106 valence electrons. The highest BCUT2D eigenvalue weighted by atomic mass is 16.2. The van der Waals surface area contributed by atoms with E-state index in [4.69, 9.17) is 0 Å². The highest BCUT2D eigenvalue weighted by Gasteiger charge is 2.22. The fourth-order valence-corrected chi connectivity index (χ4v) is 2.78. The third kappa shape index (κ3) is 1.95. The predicted octanol–water partition coefficient (Wildman–Crippen LogP) is 0.928. The van der Waals surface area contributed by atoms with Crippen molar-refractivity contribution in [3.8, 4) is 0 Å². The second kappa shape index (κ2) is 4.82. The van der Waals surface area contributed by atoms with Crippen LogP contribution in [0, 0.1) is 0 Å². The highest BCUT2D eigenvalue weighted by molar-refractivity contribution is 6.01. The Hall–Kier alpha value is -2.47. The van der Waals surface area contributed by atoms with Gasteiger partial charge in [0, 0.05) is 26.2 Å². The van der Waals surface area contributed by atoms with Gasteiger partial charge in [0.15, 0.2) is 5.69 Å². The smallest absolute Gasteiger partial charge is 0.274 e. The molecule has 6 heteroatoms. The average Bonchev–Trinajstić information content (AvgIpc) is 3.04. The van der Waals surface area contributed by atoms with Crippen molar-refractivity contribution in [2.24, 2.45) is 0 Å². The SMILES string of the molecule is O=C(c1nc2ccccc2n2cncc12)N1CCNCC1. The fraction of sp³-hybridized carbons (Fsp3) is 0.267. The van der Waals surface area contributed by atoms with Gasteiger partial charge in [-0.15, -0.1) is 0 Å². The Labute approximate surface area is 121 Å². The molecule has 1 fully saturated rings. The predicted molar refractivity (Wildman–Crippen MR) is 79.3 cm³/mol. The first kappa shape index (κ1) is 12.3. The molecule has 1 saturated heterocycles. The third-order valence-corrected chi connectivity index (χ3v) is 3.86. The summed E-state index contributed by atoms with van der Waals surface area (Å²) in [7, 11) is 0. The van der Waals surface area contributed by atoms with Crippen molar-refractivity contribution in [3.63, 3.8) is 0 Å². The maximum Gasteiger partial charge on any atom is 0.274 e. The van der Waals surface area contributed by atoms with Gasteiger partial charge in [-0.1, -0.05) is 12.1 Å². The number of para-hydroxylation sites is 2. The first-order chi connectivity index (χ1) is 10.3. The van der Waals surface area contributed by atoms with Gasteiger partial charge in [-0.2, -0.15) is 0 Å². The van der Waals surface area contributed by atoms with Gasteiger partial charge in [-0.05, 0) is 12.1 Å². The Morgan fingerprint density at radius 3 is 2.81 bits per heavy atom. The van der Waals surface area contributed by atoms with Gasteiger partial charge in [-0.3, -0.25) is 9.20 Å². The van der Waals surface area contributed by atoms with Crippen LogP contribution in [0.2, 0.25) is 0 Å². The molecule has 0 atom stereocenters. The quantitative estimate of drug-likeness (QED) is 0.721. The molecule has 1 amide bonds. The monoisotopic (exact) mass is 281 g/mol. The van der Waals surface area contributed by atoms with Crippen LogP contribution in [0.4, 0.5) is 0 Å². The summed E-state index contributed by atoms with van der Waals surface area (Å²) in [4.78, 5) is 23.4. The Morgan fingerprint density at radius 2 is 1.95 bits per heavy atom. The Kier molecular flexibility index (Phi) is 2.82. The minimum absolute atomic E-state index is 0.0206. The number of aromatic nitrogens is 3. The molecule has 21 heavy (non-hydrogen) atoms. The molecule has 0 bridgehead atoms. The summed E-state index contributed by atoms with van der Waals surface area (Å²) in [6, 6.07) is 7.79. The molecular weight excluding hydrogens is 266 g/mol. The second-order valence-corrected chi connectivity index (χ2v) is 5.14. The van der Waals surface area contributed by atoms with Crippen molar-refractivity contribution in [3.05, 3.63) is 42.5 Å². The molecule has 0 unspecified atom stereocenters. The molecule has 3 aromatic rings. The van der Waals surface area contributed by atoms with Crippen molar-refractivity contribution in [1.82, 2.24) is 24.6 Å². The molecule has 4 rings (SSSR count). The van der Waals surface area contributed by atoms with Crippen molar-refractivity contribution >= 4 is 22.5 Å². The number of hydrogen-bond acceptors (Lipinski definition) is 4. The zero-order chi connectivity index (χ0) is 14.2. The topological polar surface area (TPSA) is 62.5 Å². The van der Waals surface area contributed by atoms with Gasteiger partial charge in [0.05, 0.1) is 29.1 Å². The summed E-state index contributed by atoms with van der Waals surface area (Å²) in [5, 5.41) is 3.25. The van der Waals surface area contributed by atoms with Crippen LogP contribution >= 0.6 is 0 Å². The lowest BCUT2D eigenvalue weighted by molar-refractivity contribution is 0.0732. The van der Waals surface area contributed by atoms with E-state index in [1.165, 1.54) is 0 Å². The van der Waals surface area contributed by atoms with Crippen LogP contribution in [-0.4, -0.2) is 51.4 Å². The Bertz CT molecular complexity index is 819. The number of fused-ring (bicyclic) bond motifs is 3. The zero-order valence-corrected chi connectivity index (χ0v) is 11.5. The lowest BCUT2D eigenvalue weighted by Crippen LogP contribution is -2.46. The van der Waals surface area contributed by atoms with E-state index in [1.54, 1.807) is 12.5 Å². The molecule has 1 aliphatic heterocycles. The normalized spacial score (nSPS) is 15.7. The highest BCUT2D eigenvalue weighted by Crippen LogP contribution is 2.19. The van der Waals surface area contributed by atoms with Gasteiger partial charge in [0.2, 0.25) is 0 Å². The summed E-state index contributed by atoms with van der Waals surface area (Å²) >= 11 is 0. The standard InChI is InChI=1S/C15H15N5O/c21-15(19-7-5-16-6-8-19)14-13-9-17-10-20(13)12-4-2-1-3-11(12)18-14/h1-4,9-10,16H,5-8H2. The molecule has 2 aromatic heterocycles. The number of carbonyl (C=O) groups excluding carboxylic acids is 1. The van der Waals surface area contributed by atoms with Crippen LogP contribution in [0.3, 0.4) is 0 Å². The van der Waals surface area contributed by atoms with Gasteiger partial charge in [0.25, 0.3) is 5.91 Å². The van der Waals surface area contributed by atoms with E-state index in [1.807, 2.05) is 33.6 Å². The van der Waals surface area contributed by atoms with Crippen molar-refractivity contribution in [2.75, 3.05) is 26.2 Å². The molecule has 0 spiro atoms. The number of benzene rings is 1. The van der Waals surface area contributed by atoms with Crippen LogP contribution in [-0.2, 0) is 0 Å². The molecule has 3 heterocycles. The molecule has 1 aliphatic rings. The van der Waals surface area contributed by atoms with Crippen LogP contribution in [0.5, 0.6) is 0 Å². The van der Waals surface area contributed by atoms with Crippen LogP contribution in [0.25, 0.3) is 16.6 Å².